The van der Waals surface area contributed by atoms with Crippen LogP contribution in [0.15, 0.2) is 0 Å². The molecule has 0 bridgehead atoms. The number of hydrogen-bond donors (Lipinski definition) is 1. The van der Waals surface area contributed by atoms with Crippen molar-refractivity contribution in [3.8, 4) is 0 Å². The first kappa shape index (κ1) is 14.9. The van der Waals surface area contributed by atoms with Crippen LogP contribution in [0.4, 0.5) is 0 Å². The van der Waals surface area contributed by atoms with Crippen LogP contribution in [0, 0.1) is 0 Å². The predicted octanol–water partition coefficient (Wildman–Crippen LogP) is 1.79. The summed E-state index contributed by atoms with van der Waals surface area (Å²) in [6.07, 6.45) is 5.39. The molecule has 1 N–H and O–H groups in total. The number of nitrogens with one attached hydrogen (secondary N) is 1. The summed E-state index contributed by atoms with van der Waals surface area (Å²) < 4.78 is 0. The molecule has 0 radical (unpaired) electrons. The molecule has 1 fully saturated rings. The van der Waals surface area contributed by atoms with Gasteiger partial charge in [0.2, 0.25) is 0 Å². The molecule has 0 aromatic rings. The fourth-order valence-corrected chi connectivity index (χ4v) is 2.65. The van der Waals surface area contributed by atoms with Gasteiger partial charge in [-0.25, -0.2) is 0 Å². The lowest BCUT2D eigenvalue weighted by molar-refractivity contribution is 0.0276. The second-order valence-corrected chi connectivity index (χ2v) is 6.17. The highest BCUT2D eigenvalue weighted by atomic mass is 15.2. The van der Waals surface area contributed by atoms with Crippen molar-refractivity contribution in [1.29, 1.82) is 0 Å². The summed E-state index contributed by atoms with van der Waals surface area (Å²) in [6.45, 7) is 7.98. The Hall–Kier alpha value is -0.120. The molecule has 17 heavy (non-hydrogen) atoms. The lowest BCUT2D eigenvalue weighted by Crippen LogP contribution is -2.56. The maximum Gasteiger partial charge on any atom is 0.0330 e. The zero-order valence-corrected chi connectivity index (χ0v) is 12.4. The highest BCUT2D eigenvalue weighted by Gasteiger charge is 2.39. The van der Waals surface area contributed by atoms with Crippen LogP contribution < -0.4 is 5.32 Å². The van der Waals surface area contributed by atoms with Crippen LogP contribution in [0.2, 0.25) is 0 Å². The highest BCUT2D eigenvalue weighted by Crippen LogP contribution is 2.36. The van der Waals surface area contributed by atoms with Crippen LogP contribution >= 0.6 is 0 Å². The topological polar surface area (TPSA) is 18.5 Å². The Labute approximate surface area is 108 Å². The number of rotatable bonds is 8. The summed E-state index contributed by atoms with van der Waals surface area (Å²) >= 11 is 0. The molecule has 102 valence electrons. The largest absolute Gasteiger partial charge is 0.314 e. The van der Waals surface area contributed by atoms with E-state index in [-0.39, 0.29) is 0 Å². The average Bonchev–Trinajstić information content (AvgIpc) is 2.17. The van der Waals surface area contributed by atoms with Gasteiger partial charge < -0.3 is 15.1 Å². The molecule has 0 amide bonds. The van der Waals surface area contributed by atoms with Crippen molar-refractivity contribution >= 4 is 0 Å². The van der Waals surface area contributed by atoms with Gasteiger partial charge in [-0.1, -0.05) is 13.8 Å². The van der Waals surface area contributed by atoms with Gasteiger partial charge >= 0.3 is 0 Å². The van der Waals surface area contributed by atoms with Crippen molar-refractivity contribution in [2.24, 2.45) is 0 Å². The smallest absolute Gasteiger partial charge is 0.0330 e. The maximum atomic E-state index is 3.48. The van der Waals surface area contributed by atoms with Gasteiger partial charge in [-0.15, -0.1) is 0 Å². The minimum atomic E-state index is 0.472. The average molecular weight is 241 g/mol. The van der Waals surface area contributed by atoms with E-state index in [4.69, 9.17) is 0 Å². The summed E-state index contributed by atoms with van der Waals surface area (Å²) in [6, 6.07) is 0.611. The number of hydrogen-bond acceptors (Lipinski definition) is 3. The van der Waals surface area contributed by atoms with E-state index in [0.717, 1.165) is 6.54 Å². The summed E-state index contributed by atoms with van der Waals surface area (Å²) in [5.41, 5.74) is 0.472. The van der Waals surface area contributed by atoms with Crippen molar-refractivity contribution in [3.63, 3.8) is 0 Å². The monoisotopic (exact) mass is 241 g/mol. The zero-order valence-electron chi connectivity index (χ0n) is 12.4. The van der Waals surface area contributed by atoms with E-state index in [1.807, 2.05) is 0 Å². The maximum absolute atomic E-state index is 3.48. The minimum absolute atomic E-state index is 0.472. The normalized spacial score (nSPS) is 19.1. The van der Waals surface area contributed by atoms with Crippen LogP contribution in [-0.4, -0.2) is 62.2 Å². The molecule has 1 rings (SSSR count). The van der Waals surface area contributed by atoms with Gasteiger partial charge in [0.15, 0.2) is 0 Å². The SMILES string of the molecule is CC(C)NCCCN(C)CC1(N(C)C)CCC1. The van der Waals surface area contributed by atoms with E-state index in [1.165, 1.54) is 38.8 Å². The van der Waals surface area contributed by atoms with Gasteiger partial charge in [0, 0.05) is 18.1 Å². The predicted molar refractivity (Wildman–Crippen MR) is 75.5 cm³/mol. The van der Waals surface area contributed by atoms with Crippen LogP contribution in [0.3, 0.4) is 0 Å². The lowest BCUT2D eigenvalue weighted by atomic mass is 9.75. The summed E-state index contributed by atoms with van der Waals surface area (Å²) in [5.74, 6) is 0. The summed E-state index contributed by atoms with van der Waals surface area (Å²) in [4.78, 5) is 4.93. The molecule has 0 unspecified atom stereocenters. The first-order chi connectivity index (χ1) is 7.96. The Balaban J connectivity index is 2.17. The van der Waals surface area contributed by atoms with Crippen LogP contribution in [0.5, 0.6) is 0 Å². The van der Waals surface area contributed by atoms with E-state index in [9.17, 15) is 0 Å². The fourth-order valence-electron chi connectivity index (χ4n) is 2.65. The Morgan fingerprint density at radius 2 is 1.82 bits per heavy atom. The van der Waals surface area contributed by atoms with Crippen molar-refractivity contribution in [2.75, 3.05) is 40.8 Å². The van der Waals surface area contributed by atoms with Crippen molar-refractivity contribution in [2.45, 2.75) is 51.1 Å². The second kappa shape index (κ2) is 6.72. The molecular formula is C14H31N3. The fraction of sp³-hybridized carbons (Fsp3) is 1.00. The third kappa shape index (κ3) is 4.57. The Morgan fingerprint density at radius 1 is 1.18 bits per heavy atom. The molecule has 0 aromatic heterocycles. The molecule has 3 heteroatoms. The number of likely N-dealkylation sites (N-methyl/N-ethyl adjacent to an activating group) is 2. The third-order valence-electron chi connectivity index (χ3n) is 4.07. The molecule has 0 heterocycles. The van der Waals surface area contributed by atoms with Crippen LogP contribution in [0.25, 0.3) is 0 Å². The van der Waals surface area contributed by atoms with Crippen LogP contribution in [0.1, 0.15) is 39.5 Å². The molecule has 0 spiro atoms. The minimum Gasteiger partial charge on any atom is -0.314 e. The van der Waals surface area contributed by atoms with Gasteiger partial charge in [0.1, 0.15) is 0 Å². The second-order valence-electron chi connectivity index (χ2n) is 6.17. The van der Waals surface area contributed by atoms with Gasteiger partial charge in [-0.3, -0.25) is 0 Å². The quantitative estimate of drug-likeness (QED) is 0.654. The molecule has 0 aromatic carbocycles. The highest BCUT2D eigenvalue weighted by molar-refractivity contribution is 4.97. The molecule has 1 aliphatic carbocycles. The van der Waals surface area contributed by atoms with Crippen molar-refractivity contribution in [3.05, 3.63) is 0 Å². The van der Waals surface area contributed by atoms with Crippen LogP contribution in [-0.2, 0) is 0 Å². The first-order valence-corrected chi connectivity index (χ1v) is 7.06. The molecule has 1 saturated carbocycles. The van der Waals surface area contributed by atoms with Crippen molar-refractivity contribution in [1.82, 2.24) is 15.1 Å². The molecule has 1 aliphatic rings. The van der Waals surface area contributed by atoms with E-state index in [0.29, 0.717) is 11.6 Å². The summed E-state index contributed by atoms with van der Waals surface area (Å²) in [7, 11) is 6.72. The third-order valence-corrected chi connectivity index (χ3v) is 4.07. The molecule has 0 atom stereocenters. The number of nitrogens with zero attached hydrogens (tertiary/aromatic N) is 2. The van der Waals surface area contributed by atoms with E-state index in [1.54, 1.807) is 0 Å². The molecule has 0 saturated heterocycles. The molecular weight excluding hydrogens is 210 g/mol. The van der Waals surface area contributed by atoms with Gasteiger partial charge in [-0.2, -0.15) is 0 Å². The van der Waals surface area contributed by atoms with Crippen molar-refractivity contribution < 1.29 is 0 Å². The Bertz CT molecular complexity index is 210. The van der Waals surface area contributed by atoms with E-state index >= 15 is 0 Å². The van der Waals surface area contributed by atoms with Gasteiger partial charge in [-0.05, 0) is 59.9 Å². The summed E-state index contributed by atoms with van der Waals surface area (Å²) in [5, 5.41) is 3.48. The van der Waals surface area contributed by atoms with Gasteiger partial charge in [0.25, 0.3) is 0 Å². The van der Waals surface area contributed by atoms with E-state index in [2.05, 4.69) is 50.1 Å². The molecule has 3 nitrogen and oxygen atoms in total. The Morgan fingerprint density at radius 3 is 2.24 bits per heavy atom. The van der Waals surface area contributed by atoms with E-state index < -0.39 is 0 Å². The molecule has 0 aliphatic heterocycles. The zero-order chi connectivity index (χ0) is 12.9. The van der Waals surface area contributed by atoms with Gasteiger partial charge in [0.05, 0.1) is 0 Å². The first-order valence-electron chi connectivity index (χ1n) is 7.06. The standard InChI is InChI=1S/C14H31N3/c1-13(2)15-10-7-11-17(5)12-14(16(3)4)8-6-9-14/h13,15H,6-12H2,1-5H3. The Kier molecular flexibility index (Phi) is 5.90. The lowest BCUT2D eigenvalue weighted by Gasteiger charge is -2.49.